The molecule has 2 rings (SSSR count). The Kier molecular flexibility index (Phi) is 3.64. The summed E-state index contributed by atoms with van der Waals surface area (Å²) in [6.45, 7) is 1.28. The lowest BCUT2D eigenvalue weighted by atomic mass is 10.3. The molecule has 1 aromatic carbocycles. The van der Waals surface area contributed by atoms with E-state index in [-0.39, 0.29) is 0 Å². The molecule has 2 aromatic rings. The van der Waals surface area contributed by atoms with Crippen LogP contribution in [0.5, 0.6) is 0 Å². The summed E-state index contributed by atoms with van der Waals surface area (Å²) in [5, 5.41) is 15.9. The van der Waals surface area contributed by atoms with Crippen molar-refractivity contribution in [2.24, 2.45) is 0 Å². The van der Waals surface area contributed by atoms with Gasteiger partial charge in [0.2, 0.25) is 0 Å². The van der Waals surface area contributed by atoms with Gasteiger partial charge in [-0.1, -0.05) is 23.7 Å². The highest BCUT2D eigenvalue weighted by Crippen LogP contribution is 2.22. The van der Waals surface area contributed by atoms with Crippen molar-refractivity contribution in [3.8, 4) is 5.69 Å². The van der Waals surface area contributed by atoms with Crippen molar-refractivity contribution in [3.05, 3.63) is 41.0 Å². The van der Waals surface area contributed by atoms with Crippen LogP contribution in [0.1, 0.15) is 5.69 Å². The molecular formula is C12H12ClN3O2. The van der Waals surface area contributed by atoms with Crippen LogP contribution in [0.4, 0.5) is 5.82 Å². The Morgan fingerprint density at radius 3 is 2.89 bits per heavy atom. The van der Waals surface area contributed by atoms with Gasteiger partial charge in [-0.05, 0) is 19.1 Å². The number of aliphatic hydroxyl groups excluding tert-OH is 1. The van der Waals surface area contributed by atoms with Crippen molar-refractivity contribution in [1.29, 1.82) is 0 Å². The molecule has 0 aliphatic rings. The lowest BCUT2D eigenvalue weighted by molar-refractivity contribution is -0.118. The van der Waals surface area contributed by atoms with E-state index in [9.17, 15) is 4.79 Å². The minimum Gasteiger partial charge on any atom is -0.387 e. The summed E-state index contributed by atoms with van der Waals surface area (Å²) in [5.41, 5.74) is 1.57. The molecule has 1 amide bonds. The van der Waals surface area contributed by atoms with Crippen molar-refractivity contribution in [2.45, 2.75) is 6.92 Å². The summed E-state index contributed by atoms with van der Waals surface area (Å²) in [5.74, 6) is -0.120. The van der Waals surface area contributed by atoms with Crippen LogP contribution in [0.25, 0.3) is 5.69 Å². The van der Waals surface area contributed by atoms with Gasteiger partial charge in [-0.25, -0.2) is 4.68 Å². The first kappa shape index (κ1) is 12.6. The molecule has 0 fully saturated rings. The maximum atomic E-state index is 11.1. The highest BCUT2D eigenvalue weighted by molar-refractivity contribution is 6.32. The number of hydrogen-bond donors (Lipinski definition) is 2. The third kappa shape index (κ3) is 2.52. The molecule has 0 bridgehead atoms. The van der Waals surface area contributed by atoms with Gasteiger partial charge in [-0.2, -0.15) is 0 Å². The van der Waals surface area contributed by atoms with Crippen LogP contribution in [0.15, 0.2) is 30.3 Å². The van der Waals surface area contributed by atoms with Crippen molar-refractivity contribution in [3.63, 3.8) is 0 Å². The van der Waals surface area contributed by atoms with Gasteiger partial charge in [0.15, 0.2) is 5.82 Å². The topological polar surface area (TPSA) is 67.2 Å². The average Bonchev–Trinajstić information content (AvgIpc) is 2.70. The van der Waals surface area contributed by atoms with E-state index in [2.05, 4.69) is 10.4 Å². The van der Waals surface area contributed by atoms with E-state index in [1.165, 1.54) is 0 Å². The maximum Gasteiger partial charge on any atom is 0.251 e. The third-order valence-electron chi connectivity index (χ3n) is 2.38. The third-order valence-corrected chi connectivity index (χ3v) is 2.70. The fourth-order valence-corrected chi connectivity index (χ4v) is 1.80. The van der Waals surface area contributed by atoms with Gasteiger partial charge < -0.3 is 10.4 Å². The number of carbonyl (C=O) groups excluding carboxylic acids is 1. The van der Waals surface area contributed by atoms with Gasteiger partial charge in [-0.15, -0.1) is 5.10 Å². The van der Waals surface area contributed by atoms with E-state index in [1.807, 2.05) is 25.1 Å². The average molecular weight is 266 g/mol. The number of amides is 1. The molecule has 0 spiro atoms. The molecule has 0 aliphatic heterocycles. The minimum atomic E-state index is -0.571. The Bertz CT molecular complexity index is 580. The highest BCUT2D eigenvalue weighted by Gasteiger charge is 2.10. The van der Waals surface area contributed by atoms with Crippen molar-refractivity contribution < 1.29 is 9.90 Å². The standard InChI is InChI=1S/C12H12ClN3O2/c1-8-6-11(14-12(18)7-17)15-16(8)10-5-3-2-4-9(10)13/h2-6,17H,7H2,1H3,(H,14,15,18). The lowest BCUT2D eigenvalue weighted by Gasteiger charge is -2.05. The van der Waals surface area contributed by atoms with Crippen LogP contribution >= 0.6 is 11.6 Å². The molecule has 5 nitrogen and oxygen atoms in total. The number of nitrogens with zero attached hydrogens (tertiary/aromatic N) is 2. The van der Waals surface area contributed by atoms with Gasteiger partial charge in [-0.3, -0.25) is 4.79 Å². The lowest BCUT2D eigenvalue weighted by Crippen LogP contribution is -2.15. The zero-order valence-electron chi connectivity index (χ0n) is 9.72. The number of nitrogens with one attached hydrogen (secondary N) is 1. The van der Waals surface area contributed by atoms with Crippen LogP contribution in [-0.4, -0.2) is 27.4 Å². The van der Waals surface area contributed by atoms with Crippen LogP contribution < -0.4 is 5.32 Å². The quantitative estimate of drug-likeness (QED) is 0.889. The van der Waals surface area contributed by atoms with Gasteiger partial charge in [0.05, 0.1) is 10.7 Å². The molecule has 94 valence electrons. The van der Waals surface area contributed by atoms with Crippen LogP contribution in [0.2, 0.25) is 5.02 Å². The summed E-state index contributed by atoms with van der Waals surface area (Å²) in [4.78, 5) is 11.1. The number of para-hydroxylation sites is 1. The first-order chi connectivity index (χ1) is 8.61. The number of halogens is 1. The van der Waals surface area contributed by atoms with Gasteiger partial charge >= 0.3 is 0 Å². The molecule has 6 heteroatoms. The number of hydrogen-bond acceptors (Lipinski definition) is 3. The van der Waals surface area contributed by atoms with Gasteiger partial charge in [0.25, 0.3) is 5.91 Å². The molecule has 2 N–H and O–H groups in total. The molecule has 0 atom stereocenters. The number of rotatable bonds is 3. The first-order valence-corrected chi connectivity index (χ1v) is 5.72. The largest absolute Gasteiger partial charge is 0.387 e. The molecule has 0 saturated heterocycles. The summed E-state index contributed by atoms with van der Waals surface area (Å²) in [6, 6.07) is 8.99. The number of aliphatic hydroxyl groups is 1. The minimum absolute atomic E-state index is 0.381. The Morgan fingerprint density at radius 1 is 1.50 bits per heavy atom. The Morgan fingerprint density at radius 2 is 2.22 bits per heavy atom. The number of aryl methyl sites for hydroxylation is 1. The first-order valence-electron chi connectivity index (χ1n) is 5.34. The second-order valence-corrected chi connectivity index (χ2v) is 4.15. The Hall–Kier alpha value is -1.85. The number of aromatic nitrogens is 2. The van der Waals surface area contributed by atoms with E-state index in [1.54, 1.807) is 16.8 Å². The highest BCUT2D eigenvalue weighted by atomic mass is 35.5. The normalized spacial score (nSPS) is 10.4. The van der Waals surface area contributed by atoms with Crippen molar-refractivity contribution in [1.82, 2.24) is 9.78 Å². The molecule has 18 heavy (non-hydrogen) atoms. The molecular weight excluding hydrogens is 254 g/mol. The van der Waals surface area contributed by atoms with E-state index >= 15 is 0 Å². The monoisotopic (exact) mass is 265 g/mol. The summed E-state index contributed by atoms with van der Waals surface area (Å²) < 4.78 is 1.63. The van der Waals surface area contributed by atoms with E-state index < -0.39 is 12.5 Å². The predicted octanol–water partition coefficient (Wildman–Crippen LogP) is 1.76. The predicted molar refractivity (Wildman–Crippen MR) is 69.0 cm³/mol. The fourth-order valence-electron chi connectivity index (χ4n) is 1.59. The maximum absolute atomic E-state index is 11.1. The number of benzene rings is 1. The van der Waals surface area contributed by atoms with Crippen LogP contribution in [-0.2, 0) is 4.79 Å². The van der Waals surface area contributed by atoms with Crippen LogP contribution in [0.3, 0.4) is 0 Å². The van der Waals surface area contributed by atoms with E-state index in [0.717, 1.165) is 11.4 Å². The summed E-state index contributed by atoms with van der Waals surface area (Å²) in [6.07, 6.45) is 0. The summed E-state index contributed by atoms with van der Waals surface area (Å²) >= 11 is 6.08. The number of anilines is 1. The molecule has 0 aliphatic carbocycles. The smallest absolute Gasteiger partial charge is 0.251 e. The van der Waals surface area contributed by atoms with Crippen molar-refractivity contribution in [2.75, 3.05) is 11.9 Å². The van der Waals surface area contributed by atoms with Crippen LogP contribution in [0, 0.1) is 6.92 Å². The molecule has 0 radical (unpaired) electrons. The van der Waals surface area contributed by atoms with Gasteiger partial charge in [0, 0.05) is 11.8 Å². The van der Waals surface area contributed by atoms with Gasteiger partial charge in [0.1, 0.15) is 6.61 Å². The van der Waals surface area contributed by atoms with E-state index in [4.69, 9.17) is 16.7 Å². The Labute approximate surface area is 109 Å². The van der Waals surface area contributed by atoms with Crippen molar-refractivity contribution >= 4 is 23.3 Å². The zero-order valence-corrected chi connectivity index (χ0v) is 10.5. The summed E-state index contributed by atoms with van der Waals surface area (Å²) in [7, 11) is 0. The molecule has 0 unspecified atom stereocenters. The molecule has 1 aromatic heterocycles. The SMILES string of the molecule is Cc1cc(NC(=O)CO)nn1-c1ccccc1Cl. The second-order valence-electron chi connectivity index (χ2n) is 3.74. The number of carbonyl (C=O) groups is 1. The Balaban J connectivity index is 2.35. The second kappa shape index (κ2) is 5.20. The molecule has 0 saturated carbocycles. The zero-order chi connectivity index (χ0) is 13.1. The fraction of sp³-hybridized carbons (Fsp3) is 0.167. The van der Waals surface area contributed by atoms with E-state index in [0.29, 0.717) is 10.8 Å². The molecule has 1 heterocycles.